The van der Waals surface area contributed by atoms with Gasteiger partial charge in [0.1, 0.15) is 22.8 Å². The van der Waals surface area contributed by atoms with Gasteiger partial charge in [-0.1, -0.05) is 31.3 Å². The predicted octanol–water partition coefficient (Wildman–Crippen LogP) is 4.62. The van der Waals surface area contributed by atoms with Crippen LogP contribution in [-0.4, -0.2) is 63.3 Å². The third-order valence-corrected chi connectivity index (χ3v) is 6.73. The Balaban J connectivity index is 2.07. The van der Waals surface area contributed by atoms with E-state index in [9.17, 15) is 4.79 Å². The largest absolute Gasteiger partial charge is 0.497 e. The highest BCUT2D eigenvalue weighted by Gasteiger charge is 2.24. The van der Waals surface area contributed by atoms with Crippen LogP contribution in [0.25, 0.3) is 10.2 Å². The Hall–Kier alpha value is -2.84. The predicted molar refractivity (Wildman–Crippen MR) is 130 cm³/mol. The van der Waals surface area contributed by atoms with E-state index in [2.05, 4.69) is 18.7 Å². The zero-order valence-electron chi connectivity index (χ0n) is 19.6. The molecule has 1 aromatic heterocycles. The first-order valence-corrected chi connectivity index (χ1v) is 11.5. The fourth-order valence-corrected chi connectivity index (χ4v) is 4.61. The Bertz CT molecular complexity index is 1060. The summed E-state index contributed by atoms with van der Waals surface area (Å²) in [5.41, 5.74) is 2.36. The summed E-state index contributed by atoms with van der Waals surface area (Å²) in [6.45, 7) is 9.37. The lowest BCUT2D eigenvalue weighted by Gasteiger charge is -2.25. The van der Waals surface area contributed by atoms with E-state index in [1.165, 1.54) is 11.3 Å². The molecular weight excluding hydrogens is 426 g/mol. The molecule has 0 N–H and O–H groups in total. The number of hydrogen-bond acceptors (Lipinski definition) is 7. The van der Waals surface area contributed by atoms with E-state index in [4.69, 9.17) is 19.2 Å². The first-order valence-electron chi connectivity index (χ1n) is 10.7. The topological polar surface area (TPSA) is 64.1 Å². The second-order valence-electron chi connectivity index (χ2n) is 7.34. The molecule has 32 heavy (non-hydrogen) atoms. The molecule has 8 heteroatoms. The van der Waals surface area contributed by atoms with E-state index >= 15 is 0 Å². The molecule has 0 saturated heterocycles. The van der Waals surface area contributed by atoms with Crippen molar-refractivity contribution in [2.24, 2.45) is 0 Å². The van der Waals surface area contributed by atoms with Gasteiger partial charge < -0.3 is 19.1 Å². The Kier molecular flexibility index (Phi) is 7.93. The Morgan fingerprint density at radius 2 is 1.62 bits per heavy atom. The Morgan fingerprint density at radius 3 is 2.19 bits per heavy atom. The minimum absolute atomic E-state index is 0.148. The lowest BCUT2D eigenvalue weighted by atomic mass is 10.1. The van der Waals surface area contributed by atoms with E-state index in [0.717, 1.165) is 35.4 Å². The average Bonchev–Trinajstić information content (AvgIpc) is 3.27. The van der Waals surface area contributed by atoms with E-state index in [-0.39, 0.29) is 5.91 Å². The number of aromatic nitrogens is 1. The second kappa shape index (κ2) is 10.7. The molecule has 2 aromatic carbocycles. The number of carbonyl (C=O) groups excluding carboxylic acids is 1. The van der Waals surface area contributed by atoms with E-state index in [1.54, 1.807) is 44.4 Å². The molecule has 0 spiro atoms. The van der Waals surface area contributed by atoms with Gasteiger partial charge in [0.15, 0.2) is 5.13 Å². The summed E-state index contributed by atoms with van der Waals surface area (Å²) in [7, 11) is 4.78. The van der Waals surface area contributed by atoms with E-state index in [1.807, 2.05) is 19.1 Å². The number of likely N-dealkylation sites (N-methyl/N-ethyl adjacent to an activating group) is 1. The maximum Gasteiger partial charge on any atom is 0.260 e. The number of anilines is 1. The zero-order chi connectivity index (χ0) is 23.3. The van der Waals surface area contributed by atoms with Crippen LogP contribution in [0.15, 0.2) is 30.3 Å². The van der Waals surface area contributed by atoms with Crippen molar-refractivity contribution in [1.82, 2.24) is 9.88 Å². The van der Waals surface area contributed by atoms with Crippen molar-refractivity contribution >= 4 is 32.6 Å². The first-order chi connectivity index (χ1) is 15.4. The van der Waals surface area contributed by atoms with Gasteiger partial charge in [-0.05, 0) is 43.8 Å². The number of hydrogen-bond donors (Lipinski definition) is 0. The molecule has 0 saturated carbocycles. The standard InChI is InChI=1S/C24H31N3O4S/c1-7-26(8-2)11-12-27(23(28)17-13-18(29-4)15-19(14-17)30-5)24-25-21-20(31-6)10-9-16(3)22(21)32-24/h9-10,13-15H,7-8,11-12H2,1-6H3. The van der Waals surface area contributed by atoms with E-state index in [0.29, 0.717) is 34.5 Å². The molecule has 0 bridgehead atoms. The van der Waals surface area contributed by atoms with Crippen molar-refractivity contribution in [2.45, 2.75) is 20.8 Å². The maximum atomic E-state index is 13.7. The minimum Gasteiger partial charge on any atom is -0.497 e. The Labute approximate surface area is 193 Å². The number of amides is 1. The second-order valence-corrected chi connectivity index (χ2v) is 8.32. The smallest absolute Gasteiger partial charge is 0.260 e. The summed E-state index contributed by atoms with van der Waals surface area (Å²) in [6.07, 6.45) is 0. The molecular formula is C24H31N3O4S. The Morgan fingerprint density at radius 1 is 0.969 bits per heavy atom. The molecule has 0 fully saturated rings. The summed E-state index contributed by atoms with van der Waals surface area (Å²) in [5.74, 6) is 1.69. The lowest BCUT2D eigenvalue weighted by molar-refractivity contribution is 0.0983. The van der Waals surface area contributed by atoms with Crippen molar-refractivity contribution in [1.29, 1.82) is 0 Å². The zero-order valence-corrected chi connectivity index (χ0v) is 20.4. The van der Waals surface area contributed by atoms with Crippen LogP contribution in [-0.2, 0) is 0 Å². The highest BCUT2D eigenvalue weighted by molar-refractivity contribution is 7.22. The van der Waals surface area contributed by atoms with Gasteiger partial charge in [0, 0.05) is 24.7 Å². The molecule has 0 radical (unpaired) electrons. The molecule has 0 aliphatic rings. The minimum atomic E-state index is -0.148. The van der Waals surface area contributed by atoms with Crippen molar-refractivity contribution in [3.63, 3.8) is 0 Å². The number of thiazole rings is 1. The average molecular weight is 458 g/mol. The molecule has 0 unspecified atom stereocenters. The van der Waals surface area contributed by atoms with Gasteiger partial charge in [0.2, 0.25) is 0 Å². The van der Waals surface area contributed by atoms with Crippen LogP contribution >= 0.6 is 11.3 Å². The SMILES string of the molecule is CCN(CC)CCN(C(=O)c1cc(OC)cc(OC)c1)c1nc2c(OC)ccc(C)c2s1. The third kappa shape index (κ3) is 4.97. The van der Waals surface area contributed by atoms with Gasteiger partial charge in [0.05, 0.1) is 26.0 Å². The molecule has 3 rings (SSSR count). The van der Waals surface area contributed by atoms with Gasteiger partial charge >= 0.3 is 0 Å². The van der Waals surface area contributed by atoms with Gasteiger partial charge in [-0.25, -0.2) is 4.98 Å². The van der Waals surface area contributed by atoms with Crippen molar-refractivity contribution in [2.75, 3.05) is 52.4 Å². The maximum absolute atomic E-state index is 13.7. The molecule has 172 valence electrons. The van der Waals surface area contributed by atoms with Crippen molar-refractivity contribution in [3.8, 4) is 17.2 Å². The number of ether oxygens (including phenoxy) is 3. The van der Waals surface area contributed by atoms with Crippen LogP contribution in [0.3, 0.4) is 0 Å². The van der Waals surface area contributed by atoms with Crippen molar-refractivity contribution in [3.05, 3.63) is 41.5 Å². The molecule has 3 aromatic rings. The van der Waals surface area contributed by atoms with Crippen LogP contribution in [0.2, 0.25) is 0 Å². The van der Waals surface area contributed by atoms with Crippen LogP contribution < -0.4 is 19.1 Å². The summed E-state index contributed by atoms with van der Waals surface area (Å²) >= 11 is 1.50. The molecule has 0 aliphatic heterocycles. The highest BCUT2D eigenvalue weighted by Crippen LogP contribution is 2.37. The lowest BCUT2D eigenvalue weighted by Crippen LogP contribution is -2.38. The summed E-state index contributed by atoms with van der Waals surface area (Å²) in [5, 5.41) is 0.645. The number of benzene rings is 2. The summed E-state index contributed by atoms with van der Waals surface area (Å²) in [6, 6.07) is 9.14. The number of nitrogens with zero attached hydrogens (tertiary/aromatic N) is 3. The normalized spacial score (nSPS) is 11.1. The van der Waals surface area contributed by atoms with Gasteiger partial charge in [-0.3, -0.25) is 9.69 Å². The number of aryl methyl sites for hydroxylation is 1. The number of methoxy groups -OCH3 is 3. The van der Waals surface area contributed by atoms with Gasteiger partial charge in [-0.15, -0.1) is 0 Å². The monoisotopic (exact) mass is 457 g/mol. The third-order valence-electron chi connectivity index (χ3n) is 5.52. The highest BCUT2D eigenvalue weighted by atomic mass is 32.1. The number of fused-ring (bicyclic) bond motifs is 1. The van der Waals surface area contributed by atoms with Crippen molar-refractivity contribution < 1.29 is 19.0 Å². The molecule has 0 atom stereocenters. The first kappa shape index (κ1) is 23.8. The van der Waals surface area contributed by atoms with E-state index < -0.39 is 0 Å². The van der Waals surface area contributed by atoms with Crippen LogP contribution in [0.1, 0.15) is 29.8 Å². The molecule has 7 nitrogen and oxygen atoms in total. The van der Waals surface area contributed by atoms with Gasteiger partial charge in [-0.2, -0.15) is 0 Å². The van der Waals surface area contributed by atoms with Gasteiger partial charge in [0.25, 0.3) is 5.91 Å². The van der Waals surface area contributed by atoms with Crippen LogP contribution in [0.4, 0.5) is 5.13 Å². The fraction of sp³-hybridized carbons (Fsp3) is 0.417. The fourth-order valence-electron chi connectivity index (χ4n) is 3.53. The summed E-state index contributed by atoms with van der Waals surface area (Å²) < 4.78 is 17.3. The molecule has 1 heterocycles. The molecule has 0 aliphatic carbocycles. The van der Waals surface area contributed by atoms with Crippen LogP contribution in [0.5, 0.6) is 17.2 Å². The number of rotatable bonds is 10. The quantitative estimate of drug-likeness (QED) is 0.443. The van der Waals surface area contributed by atoms with Crippen LogP contribution in [0, 0.1) is 6.92 Å². The number of carbonyl (C=O) groups is 1. The summed E-state index contributed by atoms with van der Waals surface area (Å²) in [4.78, 5) is 22.6. The molecule has 1 amide bonds.